The smallest absolute Gasteiger partial charge is 0.275 e. The zero-order valence-corrected chi connectivity index (χ0v) is 8.77. The first-order chi connectivity index (χ1) is 8.18. The highest BCUT2D eigenvalue weighted by atomic mass is 19.1. The van der Waals surface area contributed by atoms with E-state index in [-0.39, 0.29) is 23.9 Å². The third-order valence-electron chi connectivity index (χ3n) is 2.19. The second-order valence-electron chi connectivity index (χ2n) is 3.33. The maximum Gasteiger partial charge on any atom is 0.275 e. The third kappa shape index (κ3) is 2.39. The van der Waals surface area contributed by atoms with E-state index in [4.69, 9.17) is 5.73 Å². The molecule has 4 N–H and O–H groups in total. The Morgan fingerprint density at radius 3 is 2.82 bits per heavy atom. The fourth-order valence-corrected chi connectivity index (χ4v) is 1.31. The molecule has 7 heteroatoms. The van der Waals surface area contributed by atoms with Gasteiger partial charge in [0.2, 0.25) is 0 Å². The van der Waals surface area contributed by atoms with Crippen molar-refractivity contribution in [3.63, 3.8) is 0 Å². The van der Waals surface area contributed by atoms with E-state index < -0.39 is 5.91 Å². The molecule has 0 unspecified atom stereocenters. The molecule has 1 amide bonds. The molecule has 17 heavy (non-hydrogen) atoms. The lowest BCUT2D eigenvalue weighted by Crippen LogP contribution is -2.24. The summed E-state index contributed by atoms with van der Waals surface area (Å²) in [7, 11) is 0. The normalized spacial score (nSPS) is 10.2. The van der Waals surface area contributed by atoms with Crippen LogP contribution in [0.15, 0.2) is 24.3 Å². The van der Waals surface area contributed by atoms with Crippen LogP contribution < -0.4 is 11.1 Å². The molecule has 0 aliphatic carbocycles. The zero-order chi connectivity index (χ0) is 12.3. The van der Waals surface area contributed by atoms with Crippen LogP contribution in [0.2, 0.25) is 0 Å². The number of aromatic nitrogens is 3. The van der Waals surface area contributed by atoms with Crippen LogP contribution in [0, 0.1) is 5.82 Å². The van der Waals surface area contributed by atoms with Crippen LogP contribution in [-0.4, -0.2) is 21.3 Å². The van der Waals surface area contributed by atoms with E-state index in [1.165, 1.54) is 6.07 Å². The van der Waals surface area contributed by atoms with Gasteiger partial charge in [0.25, 0.3) is 5.91 Å². The van der Waals surface area contributed by atoms with E-state index in [1.54, 1.807) is 18.2 Å². The van der Waals surface area contributed by atoms with Crippen molar-refractivity contribution >= 4 is 11.7 Å². The predicted octanol–water partition coefficient (Wildman–Crippen LogP) is 0.456. The number of nitrogen functional groups attached to an aromatic ring is 1. The molecule has 2 rings (SSSR count). The van der Waals surface area contributed by atoms with Crippen molar-refractivity contribution in [3.8, 4) is 0 Å². The summed E-state index contributed by atoms with van der Waals surface area (Å²) in [6, 6.07) is 6.18. The lowest BCUT2D eigenvalue weighted by Gasteiger charge is -2.04. The van der Waals surface area contributed by atoms with Gasteiger partial charge >= 0.3 is 0 Å². The van der Waals surface area contributed by atoms with Crippen molar-refractivity contribution < 1.29 is 9.18 Å². The van der Waals surface area contributed by atoms with Crippen LogP contribution in [-0.2, 0) is 6.54 Å². The molecule has 0 saturated carbocycles. The first kappa shape index (κ1) is 11.1. The Hall–Kier alpha value is -2.44. The minimum Gasteiger partial charge on any atom is -0.380 e. The van der Waals surface area contributed by atoms with Crippen molar-refractivity contribution in [2.24, 2.45) is 0 Å². The Bertz CT molecular complexity index is 539. The number of anilines is 1. The molecule has 0 bridgehead atoms. The average Bonchev–Trinajstić information content (AvgIpc) is 2.74. The number of aromatic amines is 1. The summed E-state index contributed by atoms with van der Waals surface area (Å²) in [6.45, 7) is 0.0673. The molecule has 0 fully saturated rings. The average molecular weight is 235 g/mol. The molecule has 2 aromatic rings. The van der Waals surface area contributed by atoms with Gasteiger partial charge in [-0.3, -0.25) is 4.79 Å². The standard InChI is InChI=1S/C10H10FN5O/c11-7-4-2-1-3-6(7)5-13-10(17)8-9(12)15-16-14-8/h1-4H,5H2,(H,13,17)(H3,12,14,15,16). The second kappa shape index (κ2) is 4.60. The van der Waals surface area contributed by atoms with E-state index in [0.29, 0.717) is 5.56 Å². The van der Waals surface area contributed by atoms with Gasteiger partial charge in [0.15, 0.2) is 11.5 Å². The predicted molar refractivity (Wildman–Crippen MR) is 58.4 cm³/mol. The number of rotatable bonds is 3. The van der Waals surface area contributed by atoms with Crippen molar-refractivity contribution in [1.82, 2.24) is 20.7 Å². The molecule has 1 heterocycles. The van der Waals surface area contributed by atoms with Crippen LogP contribution >= 0.6 is 0 Å². The van der Waals surface area contributed by atoms with Crippen molar-refractivity contribution in [3.05, 3.63) is 41.3 Å². The Morgan fingerprint density at radius 2 is 2.18 bits per heavy atom. The Balaban J connectivity index is 2.02. The van der Waals surface area contributed by atoms with Crippen LogP contribution in [0.3, 0.4) is 0 Å². The molecule has 1 aromatic heterocycles. The maximum absolute atomic E-state index is 13.3. The number of amides is 1. The fourth-order valence-electron chi connectivity index (χ4n) is 1.31. The summed E-state index contributed by atoms with van der Waals surface area (Å²) in [6.07, 6.45) is 0. The Morgan fingerprint density at radius 1 is 1.41 bits per heavy atom. The highest BCUT2D eigenvalue weighted by Gasteiger charge is 2.13. The van der Waals surface area contributed by atoms with Crippen molar-refractivity contribution in [2.45, 2.75) is 6.54 Å². The molecule has 0 aliphatic rings. The highest BCUT2D eigenvalue weighted by molar-refractivity contribution is 5.96. The SMILES string of the molecule is Nc1n[nH]nc1C(=O)NCc1ccccc1F. The van der Waals surface area contributed by atoms with E-state index in [0.717, 1.165) is 0 Å². The lowest BCUT2D eigenvalue weighted by atomic mass is 10.2. The fraction of sp³-hybridized carbons (Fsp3) is 0.100. The minimum atomic E-state index is -0.500. The largest absolute Gasteiger partial charge is 0.380 e. The Kier molecular flexibility index (Phi) is 2.99. The number of hydrogen-bond donors (Lipinski definition) is 3. The van der Waals surface area contributed by atoms with Crippen LogP contribution in [0.1, 0.15) is 16.1 Å². The number of nitrogens with one attached hydrogen (secondary N) is 2. The molecule has 1 aromatic carbocycles. The topological polar surface area (TPSA) is 96.7 Å². The summed E-state index contributed by atoms with van der Waals surface area (Å²) in [5, 5.41) is 11.8. The van der Waals surface area contributed by atoms with Gasteiger partial charge in [-0.15, -0.1) is 10.2 Å². The highest BCUT2D eigenvalue weighted by Crippen LogP contribution is 2.07. The van der Waals surface area contributed by atoms with Crippen molar-refractivity contribution in [1.29, 1.82) is 0 Å². The third-order valence-corrected chi connectivity index (χ3v) is 2.19. The first-order valence-corrected chi connectivity index (χ1v) is 4.86. The van der Waals surface area contributed by atoms with Crippen LogP contribution in [0.4, 0.5) is 10.2 Å². The number of nitrogens with zero attached hydrogens (tertiary/aromatic N) is 2. The van der Waals surface area contributed by atoms with E-state index in [2.05, 4.69) is 20.7 Å². The van der Waals surface area contributed by atoms with E-state index >= 15 is 0 Å². The summed E-state index contributed by atoms with van der Waals surface area (Å²) in [4.78, 5) is 11.6. The first-order valence-electron chi connectivity index (χ1n) is 4.86. The molecule has 0 spiro atoms. The van der Waals surface area contributed by atoms with Gasteiger partial charge in [0, 0.05) is 12.1 Å². The summed E-state index contributed by atoms with van der Waals surface area (Å²) in [5.41, 5.74) is 5.79. The monoisotopic (exact) mass is 235 g/mol. The van der Waals surface area contributed by atoms with Crippen LogP contribution in [0.25, 0.3) is 0 Å². The van der Waals surface area contributed by atoms with Gasteiger partial charge in [-0.25, -0.2) is 4.39 Å². The summed E-state index contributed by atoms with van der Waals surface area (Å²) < 4.78 is 13.3. The van der Waals surface area contributed by atoms with Crippen molar-refractivity contribution in [2.75, 3.05) is 5.73 Å². The molecule has 0 atom stereocenters. The number of benzene rings is 1. The molecule has 0 aliphatic heterocycles. The summed E-state index contributed by atoms with van der Waals surface area (Å²) >= 11 is 0. The number of halogens is 1. The number of hydrogen-bond acceptors (Lipinski definition) is 4. The molecular weight excluding hydrogens is 225 g/mol. The van der Waals surface area contributed by atoms with E-state index in [9.17, 15) is 9.18 Å². The van der Waals surface area contributed by atoms with Crippen LogP contribution in [0.5, 0.6) is 0 Å². The quantitative estimate of drug-likeness (QED) is 0.719. The number of carbonyl (C=O) groups excluding carboxylic acids is 1. The van der Waals surface area contributed by atoms with Gasteiger partial charge in [0.05, 0.1) is 0 Å². The number of carbonyl (C=O) groups is 1. The second-order valence-corrected chi connectivity index (χ2v) is 3.33. The molecule has 0 radical (unpaired) electrons. The molecular formula is C10H10FN5O. The number of nitrogens with two attached hydrogens (primary N) is 1. The zero-order valence-electron chi connectivity index (χ0n) is 8.77. The van der Waals surface area contributed by atoms with Gasteiger partial charge < -0.3 is 11.1 Å². The molecule has 0 saturated heterocycles. The van der Waals surface area contributed by atoms with Gasteiger partial charge in [-0.1, -0.05) is 18.2 Å². The minimum absolute atomic E-state index is 0.00124. The van der Waals surface area contributed by atoms with Gasteiger partial charge in [-0.05, 0) is 6.07 Å². The lowest BCUT2D eigenvalue weighted by molar-refractivity contribution is 0.0946. The Labute approximate surface area is 96.0 Å². The van der Waals surface area contributed by atoms with Gasteiger partial charge in [-0.2, -0.15) is 5.21 Å². The molecule has 88 valence electrons. The number of H-pyrrole nitrogens is 1. The van der Waals surface area contributed by atoms with Gasteiger partial charge in [0.1, 0.15) is 5.82 Å². The summed E-state index contributed by atoms with van der Waals surface area (Å²) in [5.74, 6) is -0.864. The maximum atomic E-state index is 13.3. The van der Waals surface area contributed by atoms with E-state index in [1.807, 2.05) is 0 Å². The molecule has 6 nitrogen and oxygen atoms in total.